The minimum Gasteiger partial charge on any atom is -0.452 e. The standard InChI is InChI=1S/C40H25NO3/c1-40(2)28-15-7-3-11-23(28)37(42)24-20-19-22(21-29(24)40)41-30-16-8-4-12-25(30)33-34-26-13-5-9-17-31(26)43-38(34)39-35(36(33)41)27-14-6-10-18-32(27)44-39/h3-21H,1-2H3. The summed E-state index contributed by atoms with van der Waals surface area (Å²) in [4.78, 5) is 13.7. The van der Waals surface area contributed by atoms with Crippen molar-refractivity contribution in [3.8, 4) is 5.69 Å². The highest BCUT2D eigenvalue weighted by atomic mass is 16.4. The van der Waals surface area contributed by atoms with Gasteiger partial charge in [0.1, 0.15) is 11.2 Å². The van der Waals surface area contributed by atoms with Crippen molar-refractivity contribution in [2.75, 3.05) is 0 Å². The minimum absolute atomic E-state index is 0.0819. The molecule has 0 saturated carbocycles. The molecule has 0 aliphatic heterocycles. The summed E-state index contributed by atoms with van der Waals surface area (Å²) in [6.45, 7) is 4.44. The Labute approximate surface area is 251 Å². The van der Waals surface area contributed by atoms with Crippen LogP contribution in [0, 0.1) is 0 Å². The zero-order valence-electron chi connectivity index (χ0n) is 24.1. The van der Waals surface area contributed by atoms with Gasteiger partial charge in [-0.2, -0.15) is 0 Å². The Balaban J connectivity index is 1.42. The second-order valence-electron chi connectivity index (χ2n) is 12.4. The molecule has 0 atom stereocenters. The first-order valence-corrected chi connectivity index (χ1v) is 15.0. The highest BCUT2D eigenvalue weighted by Gasteiger charge is 2.37. The maximum Gasteiger partial charge on any atom is 0.193 e. The van der Waals surface area contributed by atoms with Crippen LogP contribution in [0.3, 0.4) is 0 Å². The molecule has 0 amide bonds. The van der Waals surface area contributed by atoms with E-state index >= 15 is 0 Å². The molecule has 44 heavy (non-hydrogen) atoms. The fraction of sp³-hybridized carbons (Fsp3) is 0.0750. The van der Waals surface area contributed by atoms with Gasteiger partial charge in [-0.25, -0.2) is 0 Å². The van der Waals surface area contributed by atoms with Crippen molar-refractivity contribution in [2.45, 2.75) is 19.3 Å². The van der Waals surface area contributed by atoms with Crippen molar-refractivity contribution >= 4 is 71.5 Å². The van der Waals surface area contributed by atoms with Crippen molar-refractivity contribution in [1.82, 2.24) is 4.57 Å². The molecule has 0 saturated heterocycles. The van der Waals surface area contributed by atoms with Crippen molar-refractivity contribution in [1.29, 1.82) is 0 Å². The summed E-state index contributed by atoms with van der Waals surface area (Å²) in [7, 11) is 0. The third-order valence-corrected chi connectivity index (χ3v) is 9.78. The van der Waals surface area contributed by atoms with E-state index in [9.17, 15) is 4.79 Å². The SMILES string of the molecule is CC1(C)c2ccccc2C(=O)c2ccc(-n3c4ccccc4c4c5c6ccccc6oc5c5oc6ccccc6c5c43)cc21. The molecule has 3 aromatic heterocycles. The molecule has 6 aromatic carbocycles. The molecule has 1 aliphatic rings. The van der Waals surface area contributed by atoms with Gasteiger partial charge >= 0.3 is 0 Å². The maximum absolute atomic E-state index is 13.7. The van der Waals surface area contributed by atoms with Crippen LogP contribution in [0.2, 0.25) is 0 Å². The average Bonchev–Trinajstić information content (AvgIpc) is 3.73. The summed E-state index contributed by atoms with van der Waals surface area (Å²) < 4.78 is 15.5. The van der Waals surface area contributed by atoms with Gasteiger partial charge in [0.2, 0.25) is 0 Å². The predicted octanol–water partition coefficient (Wildman–Crippen LogP) is 10.5. The number of furan rings is 2. The number of carbonyl (C=O) groups excluding carboxylic acids is 1. The fourth-order valence-electron chi connectivity index (χ4n) is 7.79. The Morgan fingerprint density at radius 1 is 0.568 bits per heavy atom. The van der Waals surface area contributed by atoms with Crippen LogP contribution < -0.4 is 0 Å². The van der Waals surface area contributed by atoms with Crippen LogP contribution in [0.25, 0.3) is 71.4 Å². The Morgan fingerprint density at radius 2 is 1.16 bits per heavy atom. The molecule has 0 N–H and O–H groups in total. The van der Waals surface area contributed by atoms with E-state index < -0.39 is 0 Å². The van der Waals surface area contributed by atoms with E-state index in [0.29, 0.717) is 0 Å². The lowest BCUT2D eigenvalue weighted by Gasteiger charge is -2.34. The number of fused-ring (bicyclic) bond motifs is 14. The Bertz CT molecular complexity index is 2710. The third kappa shape index (κ3) is 2.81. The van der Waals surface area contributed by atoms with Crippen LogP contribution in [0.4, 0.5) is 0 Å². The summed E-state index contributed by atoms with van der Waals surface area (Å²) in [6.07, 6.45) is 0. The number of hydrogen-bond donors (Lipinski definition) is 0. The van der Waals surface area contributed by atoms with Crippen LogP contribution >= 0.6 is 0 Å². The van der Waals surface area contributed by atoms with Crippen LogP contribution in [-0.4, -0.2) is 10.4 Å². The van der Waals surface area contributed by atoms with Gasteiger partial charge in [0.25, 0.3) is 0 Å². The van der Waals surface area contributed by atoms with E-state index in [1.54, 1.807) is 0 Å². The molecular formula is C40H25NO3. The molecule has 0 bridgehead atoms. The van der Waals surface area contributed by atoms with E-state index in [1.165, 1.54) is 0 Å². The highest BCUT2D eigenvalue weighted by Crippen LogP contribution is 2.49. The third-order valence-electron chi connectivity index (χ3n) is 9.78. The molecule has 0 unspecified atom stereocenters. The Hall–Kier alpha value is -5.61. The van der Waals surface area contributed by atoms with E-state index in [-0.39, 0.29) is 11.2 Å². The van der Waals surface area contributed by atoms with Crippen molar-refractivity contribution in [2.24, 2.45) is 0 Å². The van der Waals surface area contributed by atoms with Gasteiger partial charge in [0.05, 0.1) is 16.4 Å². The molecule has 10 rings (SSSR count). The Kier molecular flexibility index (Phi) is 4.38. The minimum atomic E-state index is -0.347. The molecule has 3 heterocycles. The van der Waals surface area contributed by atoms with Crippen molar-refractivity contribution in [3.63, 3.8) is 0 Å². The quantitative estimate of drug-likeness (QED) is 0.198. The number of nitrogens with zero attached hydrogens (tertiary/aromatic N) is 1. The van der Waals surface area contributed by atoms with Gasteiger partial charge in [0, 0.05) is 49.2 Å². The largest absolute Gasteiger partial charge is 0.452 e. The number of aromatic nitrogens is 1. The normalized spacial score (nSPS) is 14.4. The molecule has 0 radical (unpaired) electrons. The first-order chi connectivity index (χ1) is 21.5. The zero-order chi connectivity index (χ0) is 29.3. The summed E-state index contributed by atoms with van der Waals surface area (Å²) in [5.74, 6) is 0.0819. The topological polar surface area (TPSA) is 48.3 Å². The summed E-state index contributed by atoms with van der Waals surface area (Å²) >= 11 is 0. The second kappa shape index (κ2) is 8.06. The van der Waals surface area contributed by atoms with E-state index in [1.807, 2.05) is 48.5 Å². The smallest absolute Gasteiger partial charge is 0.193 e. The summed E-state index contributed by atoms with van der Waals surface area (Å²) in [5, 5.41) is 6.46. The van der Waals surface area contributed by atoms with Gasteiger partial charge in [0.15, 0.2) is 16.9 Å². The van der Waals surface area contributed by atoms with Gasteiger partial charge in [-0.05, 0) is 47.5 Å². The first kappa shape index (κ1) is 23.9. The number of hydrogen-bond acceptors (Lipinski definition) is 3. The molecule has 4 heteroatoms. The summed E-state index contributed by atoms with van der Waals surface area (Å²) in [5.41, 5.74) is 9.64. The molecule has 0 spiro atoms. The molecule has 9 aromatic rings. The second-order valence-corrected chi connectivity index (χ2v) is 12.4. The number of rotatable bonds is 1. The lowest BCUT2D eigenvalue weighted by molar-refractivity contribution is 0.103. The van der Waals surface area contributed by atoms with Crippen molar-refractivity contribution in [3.05, 3.63) is 138 Å². The number of carbonyl (C=O) groups is 1. The number of ketones is 1. The van der Waals surface area contributed by atoms with E-state index in [4.69, 9.17) is 8.83 Å². The summed E-state index contributed by atoms with van der Waals surface area (Å²) in [6, 6.07) is 39.4. The van der Waals surface area contributed by atoms with Gasteiger partial charge in [-0.3, -0.25) is 4.79 Å². The predicted molar refractivity (Wildman–Crippen MR) is 177 cm³/mol. The van der Waals surface area contributed by atoms with Crippen LogP contribution in [0.5, 0.6) is 0 Å². The fourth-order valence-corrected chi connectivity index (χ4v) is 7.79. The van der Waals surface area contributed by atoms with E-state index in [2.05, 4.69) is 85.1 Å². The first-order valence-electron chi connectivity index (χ1n) is 15.0. The number of para-hydroxylation sites is 3. The zero-order valence-corrected chi connectivity index (χ0v) is 24.1. The lowest BCUT2D eigenvalue weighted by Crippen LogP contribution is -2.30. The Morgan fingerprint density at radius 3 is 1.93 bits per heavy atom. The molecule has 1 aliphatic carbocycles. The maximum atomic E-state index is 13.7. The van der Waals surface area contributed by atoms with Gasteiger partial charge < -0.3 is 13.4 Å². The molecule has 0 fully saturated rings. The van der Waals surface area contributed by atoms with E-state index in [0.717, 1.165) is 93.6 Å². The molecule has 4 nitrogen and oxygen atoms in total. The average molecular weight is 568 g/mol. The molecule has 208 valence electrons. The molecular weight excluding hydrogens is 542 g/mol. The highest BCUT2D eigenvalue weighted by molar-refractivity contribution is 6.38. The van der Waals surface area contributed by atoms with Crippen LogP contribution in [0.1, 0.15) is 40.9 Å². The number of benzene rings is 6. The monoisotopic (exact) mass is 567 g/mol. The van der Waals surface area contributed by atoms with Gasteiger partial charge in [-0.1, -0.05) is 92.7 Å². The van der Waals surface area contributed by atoms with Crippen molar-refractivity contribution < 1.29 is 13.6 Å². The van der Waals surface area contributed by atoms with Crippen LogP contribution in [0.15, 0.2) is 124 Å². The lowest BCUT2D eigenvalue weighted by atomic mass is 9.68. The van der Waals surface area contributed by atoms with Gasteiger partial charge in [-0.15, -0.1) is 0 Å². The van der Waals surface area contributed by atoms with Crippen LogP contribution in [-0.2, 0) is 5.41 Å².